The minimum absolute atomic E-state index is 0.0832. The highest BCUT2D eigenvalue weighted by molar-refractivity contribution is 7.47. The van der Waals surface area contributed by atoms with Crippen LogP contribution in [0.1, 0.15) is 155 Å². The number of carbonyl (C=O) groups excluding carboxylic acids is 3. The molecule has 22 heteroatoms. The number of rotatable bonds is 24. The molecular weight excluding hydrogens is 970 g/mol. The molecule has 1 heterocycles. The number of phosphoric acid groups is 2. The van der Waals surface area contributed by atoms with E-state index >= 15 is 0 Å². The van der Waals surface area contributed by atoms with Crippen LogP contribution in [0, 0.1) is 11.8 Å². The SMILES string of the molecule is CCCCC/C=C\C/C=C\C/C=C\CCCCCCC(=O)O[C@@H]1COC(=O)CCCCC(=O)C[C@@H]2[C@@H](O)[C@H](O)[C@@H](O)[C@H](OP(=O)(O)OC1)[C@H](OP(=O)(O)O)[C@H](O)[C@@H](C=C[C@@H](O)CCCCC)[C@H](O)C[C@@H]2O. The van der Waals surface area contributed by atoms with E-state index in [0.717, 1.165) is 63.5 Å². The van der Waals surface area contributed by atoms with Crippen molar-refractivity contribution < 1.29 is 97.0 Å². The third-order valence-electron chi connectivity index (χ3n) is 12.3. The van der Waals surface area contributed by atoms with E-state index < -0.39 is 132 Å². The number of hydrogen-bond acceptors (Lipinski definition) is 17. The van der Waals surface area contributed by atoms with Crippen LogP contribution in [0.4, 0.5) is 0 Å². The van der Waals surface area contributed by atoms with E-state index in [2.05, 4.69) is 43.4 Å². The topological polar surface area (TPSA) is 334 Å². The Kier molecular flexibility index (Phi) is 32.5. The van der Waals surface area contributed by atoms with Gasteiger partial charge >= 0.3 is 27.6 Å². The Labute approximate surface area is 419 Å². The normalized spacial score (nSPS) is 31.2. The van der Waals surface area contributed by atoms with Crippen LogP contribution in [-0.2, 0) is 46.6 Å². The molecule has 2 rings (SSSR count). The molecule has 10 N–H and O–H groups in total. The van der Waals surface area contributed by atoms with Crippen LogP contribution in [0.25, 0.3) is 0 Å². The van der Waals surface area contributed by atoms with Gasteiger partial charge in [0.1, 0.15) is 36.8 Å². The van der Waals surface area contributed by atoms with Gasteiger partial charge in [0.25, 0.3) is 0 Å². The molecule has 0 aromatic heterocycles. The Morgan fingerprint density at radius 3 is 2.03 bits per heavy atom. The summed E-state index contributed by atoms with van der Waals surface area (Å²) >= 11 is 0. The third-order valence-corrected chi connectivity index (χ3v) is 13.8. The van der Waals surface area contributed by atoms with E-state index in [1.54, 1.807) is 0 Å². The van der Waals surface area contributed by atoms with Crippen molar-refractivity contribution >= 4 is 33.4 Å². The molecule has 1 aliphatic heterocycles. The number of aliphatic hydroxyl groups is 7. The fourth-order valence-electron chi connectivity index (χ4n) is 8.26. The van der Waals surface area contributed by atoms with Crippen molar-refractivity contribution in [2.45, 2.75) is 216 Å². The van der Waals surface area contributed by atoms with Gasteiger partial charge in [0.05, 0.1) is 37.1 Å². The molecule has 410 valence electrons. The fourth-order valence-corrected chi connectivity index (χ4v) is 9.79. The van der Waals surface area contributed by atoms with Crippen molar-refractivity contribution in [2.75, 3.05) is 13.2 Å². The van der Waals surface area contributed by atoms with Gasteiger partial charge in [-0.1, -0.05) is 107 Å². The summed E-state index contributed by atoms with van der Waals surface area (Å²) < 4.78 is 52.2. The highest BCUT2D eigenvalue weighted by atomic mass is 31.2. The predicted octanol–water partition coefficient (Wildman–Crippen LogP) is 5.62. The molecule has 0 aromatic carbocycles. The highest BCUT2D eigenvalue weighted by Gasteiger charge is 2.52. The molecule has 2 bridgehead atoms. The number of ether oxygens (including phenoxy) is 2. The summed E-state index contributed by atoms with van der Waals surface area (Å²) in [6, 6.07) is 0. The Morgan fingerprint density at radius 1 is 0.775 bits per heavy atom. The average Bonchev–Trinajstić information content (AvgIpc) is 3.31. The molecule has 1 saturated heterocycles. The maximum Gasteiger partial charge on any atom is 0.472 e. The summed E-state index contributed by atoms with van der Waals surface area (Å²) in [4.78, 5) is 70.1. The van der Waals surface area contributed by atoms with E-state index in [4.69, 9.17) is 23.0 Å². The van der Waals surface area contributed by atoms with E-state index in [-0.39, 0.29) is 38.5 Å². The van der Waals surface area contributed by atoms with E-state index in [0.29, 0.717) is 19.3 Å². The minimum atomic E-state index is -5.82. The van der Waals surface area contributed by atoms with Crippen LogP contribution in [0.15, 0.2) is 48.6 Å². The number of phosphoric ester groups is 2. The number of fused-ring (bicyclic) bond motifs is 4. The zero-order valence-electron chi connectivity index (χ0n) is 41.5. The van der Waals surface area contributed by atoms with E-state index in [1.807, 2.05) is 6.92 Å². The molecule has 1 aliphatic carbocycles. The van der Waals surface area contributed by atoms with Crippen molar-refractivity contribution in [3.63, 3.8) is 0 Å². The smallest absolute Gasteiger partial charge is 0.462 e. The number of carbonyl (C=O) groups is 3. The summed E-state index contributed by atoms with van der Waals surface area (Å²) in [5, 5.41) is 79.8. The number of hydrogen-bond donors (Lipinski definition) is 10. The lowest BCUT2D eigenvalue weighted by Crippen LogP contribution is -2.56. The Bertz CT molecular complexity index is 1730. The Balaban J connectivity index is 2.34. The minimum Gasteiger partial charge on any atom is -0.462 e. The number of unbranched alkanes of at least 4 members (excludes halogenated alkanes) is 9. The van der Waals surface area contributed by atoms with Crippen LogP contribution in [0.5, 0.6) is 0 Å². The van der Waals surface area contributed by atoms with Crippen LogP contribution in [0.2, 0.25) is 0 Å². The van der Waals surface area contributed by atoms with Gasteiger partial charge in [0.2, 0.25) is 0 Å². The number of ketones is 1. The number of esters is 2. The summed E-state index contributed by atoms with van der Waals surface area (Å²) in [5.41, 5.74) is 0. The molecule has 13 atom stereocenters. The Morgan fingerprint density at radius 2 is 1.38 bits per heavy atom. The van der Waals surface area contributed by atoms with Crippen LogP contribution >= 0.6 is 15.6 Å². The molecule has 0 aromatic rings. The molecular formula is C49H84O20P2. The van der Waals surface area contributed by atoms with Crippen molar-refractivity contribution in [1.29, 1.82) is 0 Å². The molecule has 0 radical (unpaired) electrons. The molecule has 0 amide bonds. The summed E-state index contributed by atoms with van der Waals surface area (Å²) in [5.74, 6) is -5.63. The number of cyclic esters (lactones) is 1. The molecule has 2 fully saturated rings. The van der Waals surface area contributed by atoms with Gasteiger partial charge in [0, 0.05) is 43.9 Å². The van der Waals surface area contributed by atoms with Crippen molar-refractivity contribution in [1.82, 2.24) is 0 Å². The van der Waals surface area contributed by atoms with Crippen LogP contribution in [0.3, 0.4) is 0 Å². The molecule has 2 aliphatic rings. The second-order valence-electron chi connectivity index (χ2n) is 18.5. The largest absolute Gasteiger partial charge is 0.472 e. The summed E-state index contributed by atoms with van der Waals surface area (Å²) in [6.07, 6.45) is 3.80. The average molecular weight is 1060 g/mol. The van der Waals surface area contributed by atoms with Crippen LogP contribution < -0.4 is 0 Å². The van der Waals surface area contributed by atoms with E-state index in [9.17, 15) is 73.9 Å². The second-order valence-corrected chi connectivity index (χ2v) is 21.1. The number of Topliss-reactive ketones (excluding diaryl/α,β-unsaturated/α-hetero) is 1. The molecule has 20 nitrogen and oxygen atoms in total. The zero-order chi connectivity index (χ0) is 52.8. The van der Waals surface area contributed by atoms with Crippen LogP contribution in [-0.4, -0.2) is 142 Å². The maximum atomic E-state index is 13.8. The first-order valence-electron chi connectivity index (χ1n) is 25.4. The van der Waals surface area contributed by atoms with E-state index in [1.165, 1.54) is 19.3 Å². The number of allylic oxidation sites excluding steroid dienone is 6. The van der Waals surface area contributed by atoms with Gasteiger partial charge in [-0.05, 0) is 64.2 Å². The maximum absolute atomic E-state index is 13.8. The quantitative estimate of drug-likeness (QED) is 0.0242. The number of aliphatic hydroxyl groups excluding tert-OH is 7. The van der Waals surface area contributed by atoms with Gasteiger partial charge in [-0.15, -0.1) is 0 Å². The first-order valence-corrected chi connectivity index (χ1v) is 28.4. The van der Waals surface area contributed by atoms with Gasteiger partial charge in [-0.25, -0.2) is 9.13 Å². The van der Waals surface area contributed by atoms with Gasteiger partial charge < -0.3 is 59.9 Å². The lowest BCUT2D eigenvalue weighted by Gasteiger charge is -2.38. The second kappa shape index (κ2) is 35.7. The fraction of sp³-hybridized carbons (Fsp3) is 0.776. The molecule has 71 heavy (non-hydrogen) atoms. The van der Waals surface area contributed by atoms with Gasteiger partial charge in [-0.2, -0.15) is 0 Å². The van der Waals surface area contributed by atoms with Crippen molar-refractivity contribution in [3.05, 3.63) is 48.6 Å². The lowest BCUT2D eigenvalue weighted by atomic mass is 9.82. The third kappa shape index (κ3) is 27.6. The summed E-state index contributed by atoms with van der Waals surface area (Å²) in [6.45, 7) is 2.41. The first-order chi connectivity index (χ1) is 33.7. The molecule has 0 spiro atoms. The monoisotopic (exact) mass is 1050 g/mol. The molecule has 1 saturated carbocycles. The lowest BCUT2D eigenvalue weighted by molar-refractivity contribution is -0.166. The van der Waals surface area contributed by atoms with Crippen molar-refractivity contribution in [2.24, 2.45) is 11.8 Å². The van der Waals surface area contributed by atoms with Gasteiger partial charge in [-0.3, -0.25) is 28.0 Å². The van der Waals surface area contributed by atoms with Crippen molar-refractivity contribution in [3.8, 4) is 0 Å². The Hall–Kier alpha value is -2.49. The summed E-state index contributed by atoms with van der Waals surface area (Å²) in [7, 11) is -11.6. The predicted molar refractivity (Wildman–Crippen MR) is 262 cm³/mol. The van der Waals surface area contributed by atoms with Gasteiger partial charge in [0.15, 0.2) is 6.10 Å². The standard InChI is InChI=1S/C49H84O20P2/c1-3-5-7-8-9-10-11-12-13-14-15-16-17-18-19-20-22-28-43(55)67-37-33-65-42(54)27-24-23-26-36(51)31-39-41(53)32-40(52)38(30-29-35(50)25-21-6-4-2)45(57)48(68-70(60,61)62)49(47(59)46(58)44(39)56)69-71(63,64)66-34-37/h9-10,12-13,15-16,29-30,35,37-41,44-50,52-53,56-59H,3-8,11,14,17-28,31-34H2,1-2H3,(H,63,64)(H2,60,61,62)/b10-9-,13-12-,16-15-,30-29?/t35-,37+,38-,39-,40+,41-,44+,45+,46-,47+,48+,49-/m0/s1. The molecule has 1 unspecified atom stereocenters. The first kappa shape index (κ1) is 64.6. The zero-order valence-corrected chi connectivity index (χ0v) is 43.3. The highest BCUT2D eigenvalue weighted by Crippen LogP contribution is 2.50.